The Labute approximate surface area is 117 Å². The molecule has 1 rings (SSSR count). The topological polar surface area (TPSA) is 66.4 Å². The Hall–Kier alpha value is -1.05. The van der Waals surface area contributed by atoms with Gasteiger partial charge in [-0.2, -0.15) is 0 Å². The lowest BCUT2D eigenvalue weighted by Crippen LogP contribution is -2.38. The lowest BCUT2D eigenvalue weighted by Gasteiger charge is -2.19. The van der Waals surface area contributed by atoms with Crippen LogP contribution in [0.2, 0.25) is 0 Å². The lowest BCUT2D eigenvalue weighted by atomic mass is 9.87. The van der Waals surface area contributed by atoms with Gasteiger partial charge >= 0.3 is 0 Å². The number of hydrogen-bond acceptors (Lipinski definition) is 3. The van der Waals surface area contributed by atoms with Crippen LogP contribution in [-0.4, -0.2) is 32.6 Å². The van der Waals surface area contributed by atoms with Crippen LogP contribution >= 0.6 is 0 Å². The van der Waals surface area contributed by atoms with Crippen molar-refractivity contribution in [3.63, 3.8) is 0 Å². The van der Waals surface area contributed by atoms with E-state index >= 15 is 0 Å². The SMILES string of the molecule is CC(C)(C)c1ccc(S(=O)(=O)NCC(F)(F)CO)cc1. The predicted molar refractivity (Wildman–Crippen MR) is 72.4 cm³/mol. The molecule has 2 N–H and O–H groups in total. The molecule has 0 spiro atoms. The van der Waals surface area contributed by atoms with E-state index in [1.807, 2.05) is 20.8 Å². The molecular formula is C13H19F2NO3S. The molecule has 4 nitrogen and oxygen atoms in total. The summed E-state index contributed by atoms with van der Waals surface area (Å²) in [5, 5.41) is 8.40. The highest BCUT2D eigenvalue weighted by molar-refractivity contribution is 7.89. The summed E-state index contributed by atoms with van der Waals surface area (Å²) in [5.74, 6) is -3.47. The van der Waals surface area contributed by atoms with E-state index in [1.54, 1.807) is 16.9 Å². The second-order valence-corrected chi connectivity index (χ2v) is 7.38. The van der Waals surface area contributed by atoms with Crippen LogP contribution in [0.3, 0.4) is 0 Å². The molecule has 0 bridgehead atoms. The Kier molecular flexibility index (Phi) is 4.89. The highest BCUT2D eigenvalue weighted by Crippen LogP contribution is 2.23. The Bertz CT molecular complexity index is 548. The van der Waals surface area contributed by atoms with Gasteiger partial charge in [0.05, 0.1) is 11.4 Å². The summed E-state index contributed by atoms with van der Waals surface area (Å²) in [4.78, 5) is -0.0840. The second-order valence-electron chi connectivity index (χ2n) is 5.61. The summed E-state index contributed by atoms with van der Waals surface area (Å²) in [5.41, 5.74) is 0.816. The molecule has 0 radical (unpaired) electrons. The Morgan fingerprint density at radius 2 is 1.65 bits per heavy atom. The van der Waals surface area contributed by atoms with Crippen molar-refractivity contribution in [1.29, 1.82) is 0 Å². The minimum Gasteiger partial charge on any atom is -0.390 e. The van der Waals surface area contributed by atoms with Crippen LogP contribution in [0.1, 0.15) is 26.3 Å². The lowest BCUT2D eigenvalue weighted by molar-refractivity contribution is -0.0437. The highest BCUT2D eigenvalue weighted by Gasteiger charge is 2.30. The number of sulfonamides is 1. The standard InChI is InChI=1S/C13H19F2NO3S/c1-12(2,3)10-4-6-11(7-5-10)20(18,19)16-8-13(14,15)9-17/h4-7,16-17H,8-9H2,1-3H3. The fourth-order valence-electron chi connectivity index (χ4n) is 1.47. The van der Waals surface area contributed by atoms with Crippen molar-refractivity contribution in [1.82, 2.24) is 4.72 Å². The van der Waals surface area contributed by atoms with Gasteiger partial charge in [-0.1, -0.05) is 32.9 Å². The molecule has 0 aliphatic heterocycles. The normalized spacial score (nSPS) is 13.5. The number of benzene rings is 1. The zero-order valence-corrected chi connectivity index (χ0v) is 12.5. The molecule has 0 heterocycles. The van der Waals surface area contributed by atoms with E-state index in [0.29, 0.717) is 0 Å². The first-order valence-corrected chi connectivity index (χ1v) is 7.55. The van der Waals surface area contributed by atoms with Crippen LogP contribution < -0.4 is 4.72 Å². The van der Waals surface area contributed by atoms with Gasteiger partial charge in [0, 0.05) is 0 Å². The Balaban J connectivity index is 2.89. The monoisotopic (exact) mass is 307 g/mol. The van der Waals surface area contributed by atoms with Gasteiger partial charge in [0.25, 0.3) is 5.92 Å². The van der Waals surface area contributed by atoms with E-state index in [1.165, 1.54) is 12.1 Å². The van der Waals surface area contributed by atoms with Crippen molar-refractivity contribution in [3.05, 3.63) is 29.8 Å². The quantitative estimate of drug-likeness (QED) is 0.873. The van der Waals surface area contributed by atoms with Crippen LogP contribution in [0.15, 0.2) is 29.2 Å². The Morgan fingerprint density at radius 3 is 2.05 bits per heavy atom. The van der Waals surface area contributed by atoms with Crippen LogP contribution in [0.5, 0.6) is 0 Å². The van der Waals surface area contributed by atoms with Gasteiger partial charge in [0.15, 0.2) is 0 Å². The first-order chi connectivity index (χ1) is 8.98. The van der Waals surface area contributed by atoms with Crippen LogP contribution in [-0.2, 0) is 15.4 Å². The second kappa shape index (κ2) is 5.75. The van der Waals surface area contributed by atoms with E-state index in [0.717, 1.165) is 5.56 Å². The minimum atomic E-state index is -4.01. The number of rotatable bonds is 5. The van der Waals surface area contributed by atoms with Crippen LogP contribution in [0.4, 0.5) is 8.78 Å². The van der Waals surface area contributed by atoms with Crippen molar-refractivity contribution < 1.29 is 22.3 Å². The molecule has 0 aliphatic carbocycles. The van der Waals surface area contributed by atoms with Gasteiger partial charge in [-0.15, -0.1) is 0 Å². The van der Waals surface area contributed by atoms with E-state index in [2.05, 4.69) is 0 Å². The molecule has 1 aromatic rings. The zero-order chi connectivity index (χ0) is 15.6. The fraction of sp³-hybridized carbons (Fsp3) is 0.538. The first-order valence-electron chi connectivity index (χ1n) is 6.07. The average Bonchev–Trinajstić information content (AvgIpc) is 2.36. The molecule has 0 saturated carbocycles. The van der Waals surface area contributed by atoms with Crippen molar-refractivity contribution in [3.8, 4) is 0 Å². The van der Waals surface area contributed by atoms with Crippen molar-refractivity contribution >= 4 is 10.0 Å². The molecular weight excluding hydrogens is 288 g/mol. The number of halogens is 2. The van der Waals surface area contributed by atoms with Crippen molar-refractivity contribution in [2.24, 2.45) is 0 Å². The smallest absolute Gasteiger partial charge is 0.283 e. The van der Waals surface area contributed by atoms with Gasteiger partial charge in [0.1, 0.15) is 6.61 Å². The van der Waals surface area contributed by atoms with E-state index < -0.39 is 29.1 Å². The molecule has 0 saturated heterocycles. The molecule has 0 fully saturated rings. The molecule has 0 aromatic heterocycles. The van der Waals surface area contributed by atoms with Gasteiger partial charge in [-0.05, 0) is 23.1 Å². The first kappa shape index (κ1) is 17.0. The van der Waals surface area contributed by atoms with E-state index in [-0.39, 0.29) is 10.3 Å². The molecule has 0 atom stereocenters. The summed E-state index contributed by atoms with van der Waals surface area (Å²) in [6.45, 7) is 3.41. The molecule has 0 amide bonds. The maximum atomic E-state index is 12.8. The van der Waals surface area contributed by atoms with Gasteiger partial charge in [-0.3, -0.25) is 0 Å². The van der Waals surface area contributed by atoms with Crippen molar-refractivity contribution in [2.45, 2.75) is 37.0 Å². The molecule has 114 valence electrons. The molecule has 20 heavy (non-hydrogen) atoms. The third kappa shape index (κ3) is 4.50. The van der Waals surface area contributed by atoms with Crippen molar-refractivity contribution in [2.75, 3.05) is 13.2 Å². The van der Waals surface area contributed by atoms with Crippen LogP contribution in [0, 0.1) is 0 Å². The fourth-order valence-corrected chi connectivity index (χ4v) is 2.54. The van der Waals surface area contributed by atoms with Gasteiger partial charge in [-0.25, -0.2) is 21.9 Å². The summed E-state index contributed by atoms with van der Waals surface area (Å²) < 4.78 is 51.1. The maximum absolute atomic E-state index is 12.8. The molecule has 1 aromatic carbocycles. The van der Waals surface area contributed by atoms with E-state index in [9.17, 15) is 17.2 Å². The largest absolute Gasteiger partial charge is 0.390 e. The summed E-state index contributed by atoms with van der Waals surface area (Å²) >= 11 is 0. The number of aliphatic hydroxyl groups excluding tert-OH is 1. The highest BCUT2D eigenvalue weighted by atomic mass is 32.2. The summed E-state index contributed by atoms with van der Waals surface area (Å²) in [6, 6.07) is 6.05. The number of alkyl halides is 2. The molecule has 0 aliphatic rings. The van der Waals surface area contributed by atoms with Gasteiger partial charge in [0.2, 0.25) is 10.0 Å². The summed E-state index contributed by atoms with van der Waals surface area (Å²) in [6.07, 6.45) is 0. The Morgan fingerprint density at radius 1 is 1.15 bits per heavy atom. The summed E-state index contributed by atoms with van der Waals surface area (Å²) in [7, 11) is -4.01. The average molecular weight is 307 g/mol. The van der Waals surface area contributed by atoms with Gasteiger partial charge < -0.3 is 5.11 Å². The number of aliphatic hydroxyl groups is 1. The third-order valence-electron chi connectivity index (χ3n) is 2.78. The number of hydrogen-bond donors (Lipinski definition) is 2. The molecule has 0 unspecified atom stereocenters. The van der Waals surface area contributed by atoms with Crippen LogP contribution in [0.25, 0.3) is 0 Å². The molecule has 7 heteroatoms. The maximum Gasteiger partial charge on any atom is 0.283 e. The van der Waals surface area contributed by atoms with E-state index in [4.69, 9.17) is 5.11 Å². The third-order valence-corrected chi connectivity index (χ3v) is 4.20. The minimum absolute atomic E-state index is 0.0840. The zero-order valence-electron chi connectivity index (χ0n) is 11.7. The predicted octanol–water partition coefficient (Wildman–Crippen LogP) is 1.89. The number of nitrogens with one attached hydrogen (secondary N) is 1.